The van der Waals surface area contributed by atoms with Crippen LogP contribution in [0.4, 0.5) is 0 Å². The van der Waals surface area contributed by atoms with E-state index in [1.807, 2.05) is 20.8 Å². The molecule has 0 spiro atoms. The van der Waals surface area contributed by atoms with Crippen molar-refractivity contribution in [2.24, 2.45) is 0 Å². The van der Waals surface area contributed by atoms with Gasteiger partial charge in [-0.25, -0.2) is 8.42 Å². The second-order valence-electron chi connectivity index (χ2n) is 4.70. The van der Waals surface area contributed by atoms with Crippen LogP contribution < -0.4 is 4.74 Å². The first-order chi connectivity index (χ1) is 7.19. The molecule has 1 heterocycles. The fourth-order valence-corrected chi connectivity index (χ4v) is 2.87. The molecule has 16 heavy (non-hydrogen) atoms. The van der Waals surface area contributed by atoms with E-state index in [1.54, 1.807) is 12.1 Å². The number of aryl methyl sites for hydroxylation is 1. The normalized spacial score (nSPS) is 18.0. The minimum absolute atomic E-state index is 0.145. The van der Waals surface area contributed by atoms with Crippen LogP contribution in [0.1, 0.15) is 25.0 Å². The highest BCUT2D eigenvalue weighted by Crippen LogP contribution is 2.39. The first kappa shape index (κ1) is 11.7. The molecular weight excluding hydrogens is 248 g/mol. The van der Waals surface area contributed by atoms with Gasteiger partial charge in [0.15, 0.2) is 0 Å². The summed E-state index contributed by atoms with van der Waals surface area (Å²) in [7, 11) is 1.67. The number of rotatable bonds is 1. The number of ether oxygens (including phenoxy) is 1. The third-order valence-corrected chi connectivity index (χ3v) is 3.93. The lowest BCUT2D eigenvalue weighted by Crippen LogP contribution is -2.24. The third kappa shape index (κ3) is 2.04. The summed E-state index contributed by atoms with van der Waals surface area (Å²) >= 11 is 0. The number of halogens is 1. The van der Waals surface area contributed by atoms with Crippen molar-refractivity contribution in [2.75, 3.05) is 0 Å². The van der Waals surface area contributed by atoms with Crippen LogP contribution in [-0.4, -0.2) is 14.0 Å². The Balaban J connectivity index is 2.59. The molecule has 0 N–H and O–H groups in total. The van der Waals surface area contributed by atoms with E-state index < -0.39 is 9.05 Å². The van der Waals surface area contributed by atoms with E-state index in [0.717, 1.165) is 16.9 Å². The van der Waals surface area contributed by atoms with Gasteiger partial charge in [-0.05, 0) is 44.0 Å². The molecule has 5 heteroatoms. The summed E-state index contributed by atoms with van der Waals surface area (Å²) in [4.78, 5) is 0.145. The van der Waals surface area contributed by atoms with E-state index in [-0.39, 0.29) is 10.5 Å². The maximum atomic E-state index is 11.3. The maximum Gasteiger partial charge on any atom is 0.261 e. The van der Waals surface area contributed by atoms with E-state index in [1.165, 1.54) is 0 Å². The van der Waals surface area contributed by atoms with E-state index in [9.17, 15) is 8.42 Å². The lowest BCUT2D eigenvalue weighted by molar-refractivity contribution is 0.137. The van der Waals surface area contributed by atoms with Crippen LogP contribution >= 0.6 is 10.7 Å². The Labute approximate surface area is 99.8 Å². The van der Waals surface area contributed by atoms with Crippen LogP contribution in [0.25, 0.3) is 0 Å². The second-order valence-corrected chi connectivity index (χ2v) is 7.27. The predicted molar refractivity (Wildman–Crippen MR) is 62.6 cm³/mol. The molecule has 0 aliphatic carbocycles. The van der Waals surface area contributed by atoms with Crippen LogP contribution in [0.15, 0.2) is 17.0 Å². The number of fused-ring (bicyclic) bond motifs is 1. The molecule has 0 fully saturated rings. The van der Waals surface area contributed by atoms with Gasteiger partial charge in [0.05, 0.1) is 4.90 Å². The molecule has 1 aliphatic rings. The summed E-state index contributed by atoms with van der Waals surface area (Å²) in [6, 6.07) is 3.14. The molecule has 0 unspecified atom stereocenters. The Hall–Kier alpha value is -0.740. The van der Waals surface area contributed by atoms with Crippen LogP contribution in [0, 0.1) is 6.92 Å². The molecule has 0 atom stereocenters. The van der Waals surface area contributed by atoms with Gasteiger partial charge in [-0.3, -0.25) is 0 Å². The van der Waals surface area contributed by atoms with E-state index in [4.69, 9.17) is 15.4 Å². The highest BCUT2D eigenvalue weighted by molar-refractivity contribution is 8.13. The standard InChI is InChI=1S/C11H13ClO3S/c1-7-4-9(16(12,13)14)5-8-6-11(2,3)15-10(7)8/h4-5H,6H2,1-3H3. The molecule has 0 saturated carbocycles. The van der Waals surface area contributed by atoms with Gasteiger partial charge < -0.3 is 4.74 Å². The zero-order valence-corrected chi connectivity index (χ0v) is 10.9. The monoisotopic (exact) mass is 260 g/mol. The average Bonchev–Trinajstić information content (AvgIpc) is 2.38. The van der Waals surface area contributed by atoms with Crippen LogP contribution in [0.3, 0.4) is 0 Å². The maximum absolute atomic E-state index is 11.3. The highest BCUT2D eigenvalue weighted by atomic mass is 35.7. The SMILES string of the molecule is Cc1cc(S(=O)(=O)Cl)cc2c1OC(C)(C)C2. The van der Waals surface area contributed by atoms with Crippen LogP contribution in [0.5, 0.6) is 5.75 Å². The van der Waals surface area contributed by atoms with Gasteiger partial charge in [0.2, 0.25) is 0 Å². The first-order valence-corrected chi connectivity index (χ1v) is 7.27. The molecule has 1 aliphatic heterocycles. The highest BCUT2D eigenvalue weighted by Gasteiger charge is 2.32. The summed E-state index contributed by atoms with van der Waals surface area (Å²) in [6.45, 7) is 5.77. The lowest BCUT2D eigenvalue weighted by Gasteiger charge is -2.17. The quantitative estimate of drug-likeness (QED) is 0.729. The number of benzene rings is 1. The molecule has 0 amide bonds. The van der Waals surface area contributed by atoms with Gasteiger partial charge >= 0.3 is 0 Å². The van der Waals surface area contributed by atoms with Gasteiger partial charge in [-0.2, -0.15) is 0 Å². The second kappa shape index (κ2) is 3.37. The zero-order valence-electron chi connectivity index (χ0n) is 9.37. The molecule has 1 aromatic carbocycles. The van der Waals surface area contributed by atoms with Crippen molar-refractivity contribution < 1.29 is 13.2 Å². The lowest BCUT2D eigenvalue weighted by atomic mass is 10.0. The van der Waals surface area contributed by atoms with Crippen molar-refractivity contribution in [3.63, 3.8) is 0 Å². The Morgan fingerprint density at radius 1 is 1.38 bits per heavy atom. The van der Waals surface area contributed by atoms with Gasteiger partial charge in [0.1, 0.15) is 11.4 Å². The fourth-order valence-electron chi connectivity index (χ4n) is 2.00. The minimum atomic E-state index is -3.67. The zero-order chi connectivity index (χ0) is 12.1. The van der Waals surface area contributed by atoms with Crippen molar-refractivity contribution >= 4 is 19.7 Å². The van der Waals surface area contributed by atoms with Crippen molar-refractivity contribution in [3.05, 3.63) is 23.3 Å². The topological polar surface area (TPSA) is 43.4 Å². The summed E-state index contributed by atoms with van der Waals surface area (Å²) in [5.74, 6) is 0.786. The minimum Gasteiger partial charge on any atom is -0.487 e. The molecular formula is C11H13ClO3S. The summed E-state index contributed by atoms with van der Waals surface area (Å²) in [6.07, 6.45) is 0.698. The largest absolute Gasteiger partial charge is 0.487 e. The Kier molecular flexibility index (Phi) is 2.48. The van der Waals surface area contributed by atoms with E-state index >= 15 is 0 Å². The molecule has 2 rings (SSSR count). The van der Waals surface area contributed by atoms with Crippen LogP contribution in [-0.2, 0) is 15.5 Å². The van der Waals surface area contributed by atoms with Crippen LogP contribution in [0.2, 0.25) is 0 Å². The predicted octanol–water partition coefficient (Wildman–Crippen LogP) is 2.64. The molecule has 3 nitrogen and oxygen atoms in total. The smallest absolute Gasteiger partial charge is 0.261 e. The number of hydrogen-bond acceptors (Lipinski definition) is 3. The van der Waals surface area contributed by atoms with E-state index in [0.29, 0.717) is 6.42 Å². The Bertz CT molecular complexity index is 547. The van der Waals surface area contributed by atoms with Crippen molar-refractivity contribution in [1.82, 2.24) is 0 Å². The molecule has 0 aromatic heterocycles. The summed E-state index contributed by atoms with van der Waals surface area (Å²) in [5.41, 5.74) is 1.44. The fraction of sp³-hybridized carbons (Fsp3) is 0.455. The number of hydrogen-bond donors (Lipinski definition) is 0. The van der Waals surface area contributed by atoms with Crippen molar-refractivity contribution in [3.8, 4) is 5.75 Å². The van der Waals surface area contributed by atoms with Gasteiger partial charge in [-0.1, -0.05) is 0 Å². The van der Waals surface area contributed by atoms with E-state index in [2.05, 4.69) is 0 Å². The van der Waals surface area contributed by atoms with Gasteiger partial charge in [-0.15, -0.1) is 0 Å². The van der Waals surface area contributed by atoms with Gasteiger partial charge in [0, 0.05) is 17.1 Å². The Morgan fingerprint density at radius 2 is 2.00 bits per heavy atom. The molecule has 0 saturated heterocycles. The molecule has 1 aromatic rings. The Morgan fingerprint density at radius 3 is 2.56 bits per heavy atom. The van der Waals surface area contributed by atoms with Crippen molar-refractivity contribution in [1.29, 1.82) is 0 Å². The molecule has 0 bridgehead atoms. The summed E-state index contributed by atoms with van der Waals surface area (Å²) < 4.78 is 28.3. The third-order valence-electron chi connectivity index (χ3n) is 2.60. The summed E-state index contributed by atoms with van der Waals surface area (Å²) in [5, 5.41) is 0. The molecule has 88 valence electrons. The molecule has 0 radical (unpaired) electrons. The van der Waals surface area contributed by atoms with Gasteiger partial charge in [0.25, 0.3) is 9.05 Å². The first-order valence-electron chi connectivity index (χ1n) is 4.96. The average molecular weight is 261 g/mol. The van der Waals surface area contributed by atoms with Crippen molar-refractivity contribution in [2.45, 2.75) is 37.7 Å².